The molecule has 2 aromatic carbocycles. The molecule has 6 heteroatoms. The zero-order valence-corrected chi connectivity index (χ0v) is 11.7. The van der Waals surface area contributed by atoms with Gasteiger partial charge in [-0.15, -0.1) is 0 Å². The third-order valence-corrected chi connectivity index (χ3v) is 3.46. The van der Waals surface area contributed by atoms with E-state index in [1.165, 1.54) is 30.3 Å². The van der Waals surface area contributed by atoms with Crippen molar-refractivity contribution in [2.24, 2.45) is 0 Å². The lowest BCUT2D eigenvalue weighted by Gasteiger charge is -2.12. The van der Waals surface area contributed by atoms with E-state index < -0.39 is 11.9 Å². The van der Waals surface area contributed by atoms with Crippen LogP contribution in [-0.2, 0) is 0 Å². The molecule has 3 aromatic rings. The molecule has 0 spiro atoms. The molecule has 114 valence electrons. The van der Waals surface area contributed by atoms with Gasteiger partial charge in [0.15, 0.2) is 0 Å². The molecule has 0 unspecified atom stereocenters. The van der Waals surface area contributed by atoms with E-state index in [1.54, 1.807) is 18.2 Å². The highest BCUT2D eigenvalue weighted by molar-refractivity contribution is 6.14. The van der Waals surface area contributed by atoms with Gasteiger partial charge in [0.2, 0.25) is 0 Å². The molecular formula is C17H11NO5. The first-order chi connectivity index (χ1) is 11.0. The van der Waals surface area contributed by atoms with Crippen LogP contribution in [0.15, 0.2) is 48.5 Å². The van der Waals surface area contributed by atoms with Crippen LogP contribution in [0.4, 0.5) is 0 Å². The number of phenolic OH excluding ortho intramolecular Hbond substituents is 1. The van der Waals surface area contributed by atoms with E-state index in [1.807, 2.05) is 0 Å². The first kappa shape index (κ1) is 14.5. The number of aromatic hydroxyl groups is 1. The second-order valence-electron chi connectivity index (χ2n) is 4.88. The summed E-state index contributed by atoms with van der Waals surface area (Å²) >= 11 is 0. The molecule has 0 aliphatic carbocycles. The molecule has 0 amide bonds. The zero-order chi connectivity index (χ0) is 16.6. The van der Waals surface area contributed by atoms with Gasteiger partial charge in [-0.05, 0) is 30.3 Å². The van der Waals surface area contributed by atoms with Gasteiger partial charge in [0.05, 0.1) is 16.8 Å². The van der Waals surface area contributed by atoms with Crippen molar-refractivity contribution >= 4 is 22.8 Å². The van der Waals surface area contributed by atoms with Gasteiger partial charge in [0.1, 0.15) is 11.3 Å². The van der Waals surface area contributed by atoms with Crippen LogP contribution < -0.4 is 0 Å². The van der Waals surface area contributed by atoms with Crippen molar-refractivity contribution in [1.82, 2.24) is 4.98 Å². The highest BCUT2D eigenvalue weighted by atomic mass is 16.4. The molecule has 1 heterocycles. The van der Waals surface area contributed by atoms with Gasteiger partial charge in [-0.1, -0.05) is 18.2 Å². The number of aromatic nitrogens is 1. The van der Waals surface area contributed by atoms with Crippen molar-refractivity contribution in [3.05, 3.63) is 59.7 Å². The van der Waals surface area contributed by atoms with Gasteiger partial charge in [-0.2, -0.15) is 0 Å². The molecule has 0 fully saturated rings. The van der Waals surface area contributed by atoms with Gasteiger partial charge in [0, 0.05) is 10.9 Å². The van der Waals surface area contributed by atoms with Crippen molar-refractivity contribution in [3.8, 4) is 17.0 Å². The smallest absolute Gasteiger partial charge is 0.338 e. The van der Waals surface area contributed by atoms with E-state index in [2.05, 4.69) is 4.98 Å². The van der Waals surface area contributed by atoms with Crippen molar-refractivity contribution < 1.29 is 24.9 Å². The number of carbonyl (C=O) groups is 2. The topological polar surface area (TPSA) is 108 Å². The Morgan fingerprint density at radius 3 is 2.04 bits per heavy atom. The van der Waals surface area contributed by atoms with Gasteiger partial charge in [-0.3, -0.25) is 0 Å². The van der Waals surface area contributed by atoms with Crippen LogP contribution in [0.25, 0.3) is 22.2 Å². The summed E-state index contributed by atoms with van der Waals surface area (Å²) in [4.78, 5) is 27.6. The number of aromatic carboxylic acids is 2. The molecule has 0 aliphatic rings. The number of nitrogens with zero attached hydrogens (tertiary/aromatic N) is 1. The molecule has 3 N–H and O–H groups in total. The number of hydrogen-bond acceptors (Lipinski definition) is 4. The maximum absolute atomic E-state index is 11.7. The van der Waals surface area contributed by atoms with Crippen molar-refractivity contribution in [3.63, 3.8) is 0 Å². The molecular weight excluding hydrogens is 298 g/mol. The predicted molar refractivity (Wildman–Crippen MR) is 82.8 cm³/mol. The van der Waals surface area contributed by atoms with E-state index in [4.69, 9.17) is 0 Å². The Labute approximate surface area is 130 Å². The van der Waals surface area contributed by atoms with E-state index in [9.17, 15) is 24.9 Å². The summed E-state index contributed by atoms with van der Waals surface area (Å²) in [6.07, 6.45) is 0. The van der Waals surface area contributed by atoms with Crippen LogP contribution in [0.5, 0.6) is 5.75 Å². The highest BCUT2D eigenvalue weighted by Crippen LogP contribution is 2.31. The molecule has 0 radical (unpaired) electrons. The highest BCUT2D eigenvalue weighted by Gasteiger charge is 2.25. The Kier molecular flexibility index (Phi) is 3.42. The fraction of sp³-hybridized carbons (Fsp3) is 0. The quantitative estimate of drug-likeness (QED) is 0.686. The molecule has 0 saturated heterocycles. The largest absolute Gasteiger partial charge is 0.508 e. The summed E-state index contributed by atoms with van der Waals surface area (Å²) in [5.41, 5.74) is 0.174. The van der Waals surface area contributed by atoms with Gasteiger partial charge in [-0.25, -0.2) is 14.6 Å². The molecule has 1 aromatic heterocycles. The minimum atomic E-state index is -1.37. The van der Waals surface area contributed by atoms with E-state index in [0.29, 0.717) is 11.1 Å². The van der Waals surface area contributed by atoms with Crippen LogP contribution in [0.3, 0.4) is 0 Å². The average Bonchev–Trinajstić information content (AvgIpc) is 2.53. The van der Waals surface area contributed by atoms with E-state index in [0.717, 1.165) is 0 Å². The lowest BCUT2D eigenvalue weighted by atomic mass is 9.96. The molecule has 0 bridgehead atoms. The standard InChI is InChI=1S/C17H11NO5/c19-10-7-5-9(6-8-10)15-14(17(22)23)13(16(20)21)11-3-1-2-4-12(11)18-15/h1-8,19H,(H,20,21)(H,22,23). The molecule has 0 saturated carbocycles. The summed E-state index contributed by atoms with van der Waals surface area (Å²) in [6, 6.07) is 12.2. The number of carboxylic acid groups (broad SMARTS) is 2. The lowest BCUT2D eigenvalue weighted by Crippen LogP contribution is -2.12. The molecule has 0 atom stereocenters. The van der Waals surface area contributed by atoms with Crippen LogP contribution in [0, 0.1) is 0 Å². The Hall–Kier alpha value is -3.41. The Morgan fingerprint density at radius 1 is 0.826 bits per heavy atom. The molecule has 3 rings (SSSR count). The number of para-hydroxylation sites is 1. The number of pyridine rings is 1. The normalized spacial score (nSPS) is 10.6. The first-order valence-corrected chi connectivity index (χ1v) is 6.67. The average molecular weight is 309 g/mol. The minimum Gasteiger partial charge on any atom is -0.508 e. The number of fused-ring (bicyclic) bond motifs is 1. The monoisotopic (exact) mass is 309 g/mol. The van der Waals surface area contributed by atoms with Gasteiger partial charge >= 0.3 is 11.9 Å². The fourth-order valence-corrected chi connectivity index (χ4v) is 2.47. The third kappa shape index (κ3) is 2.46. The van der Waals surface area contributed by atoms with Crippen molar-refractivity contribution in [2.45, 2.75) is 0 Å². The van der Waals surface area contributed by atoms with Crippen molar-refractivity contribution in [2.75, 3.05) is 0 Å². The molecule has 6 nitrogen and oxygen atoms in total. The maximum Gasteiger partial charge on any atom is 0.338 e. The van der Waals surface area contributed by atoms with Crippen LogP contribution >= 0.6 is 0 Å². The second-order valence-corrected chi connectivity index (χ2v) is 4.88. The van der Waals surface area contributed by atoms with Crippen molar-refractivity contribution in [1.29, 1.82) is 0 Å². The summed E-state index contributed by atoms with van der Waals surface area (Å²) in [6.45, 7) is 0. The molecule has 23 heavy (non-hydrogen) atoms. The summed E-state index contributed by atoms with van der Waals surface area (Å²) in [5.74, 6) is -2.69. The number of benzene rings is 2. The Balaban J connectivity index is 2.45. The number of phenols is 1. The maximum atomic E-state index is 11.7. The fourth-order valence-electron chi connectivity index (χ4n) is 2.47. The third-order valence-electron chi connectivity index (χ3n) is 3.46. The summed E-state index contributed by atoms with van der Waals surface area (Å²) < 4.78 is 0. The minimum absolute atomic E-state index is 0.0184. The number of carboxylic acids is 2. The molecule has 0 aliphatic heterocycles. The summed E-state index contributed by atoms with van der Waals surface area (Å²) in [5, 5.41) is 28.6. The first-order valence-electron chi connectivity index (χ1n) is 6.67. The van der Waals surface area contributed by atoms with Gasteiger partial charge in [0.25, 0.3) is 0 Å². The Morgan fingerprint density at radius 2 is 1.43 bits per heavy atom. The van der Waals surface area contributed by atoms with Gasteiger partial charge < -0.3 is 15.3 Å². The second kappa shape index (κ2) is 5.42. The summed E-state index contributed by atoms with van der Waals surface area (Å²) in [7, 11) is 0. The lowest BCUT2D eigenvalue weighted by molar-refractivity contribution is 0.0653. The number of rotatable bonds is 3. The van der Waals surface area contributed by atoms with Crippen LogP contribution in [0.2, 0.25) is 0 Å². The van der Waals surface area contributed by atoms with E-state index >= 15 is 0 Å². The SMILES string of the molecule is O=C(O)c1c(-c2ccc(O)cc2)nc2ccccc2c1C(=O)O. The van der Waals surface area contributed by atoms with E-state index in [-0.39, 0.29) is 28.0 Å². The predicted octanol–water partition coefficient (Wildman–Crippen LogP) is 3.00. The number of hydrogen-bond donors (Lipinski definition) is 3. The Bertz CT molecular complexity index is 932. The van der Waals surface area contributed by atoms with Crippen LogP contribution in [0.1, 0.15) is 20.7 Å². The van der Waals surface area contributed by atoms with Crippen LogP contribution in [-0.4, -0.2) is 32.2 Å². The zero-order valence-electron chi connectivity index (χ0n) is 11.7.